The highest BCUT2D eigenvalue weighted by Crippen LogP contribution is 2.39. The average molecular weight is 508 g/mol. The van der Waals surface area contributed by atoms with Crippen LogP contribution in [0.3, 0.4) is 0 Å². The van der Waals surface area contributed by atoms with Gasteiger partial charge in [0.15, 0.2) is 11.4 Å². The minimum Gasteiger partial charge on any atom is -0.497 e. The van der Waals surface area contributed by atoms with E-state index in [-0.39, 0.29) is 17.8 Å². The maximum absolute atomic E-state index is 13.6. The molecule has 1 aliphatic carbocycles. The normalized spacial score (nSPS) is 15.0. The number of fused-ring (bicyclic) bond motifs is 1. The van der Waals surface area contributed by atoms with Crippen LogP contribution in [0.15, 0.2) is 54.6 Å². The second-order valence-corrected chi connectivity index (χ2v) is 9.96. The Hall–Kier alpha value is -3.35. The van der Waals surface area contributed by atoms with Crippen LogP contribution in [-0.2, 0) is 22.7 Å². The number of methoxy groups -OCH3 is 1. The van der Waals surface area contributed by atoms with Gasteiger partial charge in [-0.15, -0.1) is 11.6 Å². The highest BCUT2D eigenvalue weighted by Gasteiger charge is 2.30. The molecule has 3 aromatic rings. The first-order valence-corrected chi connectivity index (χ1v) is 12.2. The Morgan fingerprint density at radius 1 is 1.08 bits per heavy atom. The molecule has 0 spiro atoms. The Morgan fingerprint density at radius 3 is 2.33 bits per heavy atom. The first-order valence-electron chi connectivity index (χ1n) is 11.8. The van der Waals surface area contributed by atoms with E-state index >= 15 is 0 Å². The zero-order valence-corrected chi connectivity index (χ0v) is 21.6. The van der Waals surface area contributed by atoms with E-state index in [1.807, 2.05) is 43.3 Å². The van der Waals surface area contributed by atoms with Crippen molar-refractivity contribution in [1.82, 2.24) is 4.57 Å². The number of ketones is 1. The van der Waals surface area contributed by atoms with Crippen molar-refractivity contribution < 1.29 is 24.2 Å². The van der Waals surface area contributed by atoms with Crippen molar-refractivity contribution in [1.29, 1.82) is 0 Å². The van der Waals surface area contributed by atoms with Crippen LogP contribution in [0.4, 0.5) is 0 Å². The number of hydrogen-bond acceptors (Lipinski definition) is 4. The number of ether oxygens (including phenoxy) is 2. The summed E-state index contributed by atoms with van der Waals surface area (Å²) < 4.78 is 12.9. The van der Waals surface area contributed by atoms with Gasteiger partial charge in [0.2, 0.25) is 0 Å². The summed E-state index contributed by atoms with van der Waals surface area (Å²) in [6, 6.07) is 15.0. The minimum absolute atomic E-state index is 0.0471. The van der Waals surface area contributed by atoms with E-state index < -0.39 is 11.6 Å². The topological polar surface area (TPSA) is 77.8 Å². The number of carboxylic acid groups (broad SMARTS) is 1. The van der Waals surface area contributed by atoms with Gasteiger partial charge in [0.05, 0.1) is 24.7 Å². The number of allylic oxidation sites excluding steroid dienone is 1. The van der Waals surface area contributed by atoms with Crippen LogP contribution in [0.5, 0.6) is 5.75 Å². The molecule has 6 nitrogen and oxygen atoms in total. The van der Waals surface area contributed by atoms with Gasteiger partial charge < -0.3 is 19.1 Å². The molecule has 0 aliphatic heterocycles. The van der Waals surface area contributed by atoms with Crippen LogP contribution >= 0.6 is 11.6 Å². The molecule has 1 aromatic heterocycles. The molecule has 7 heteroatoms. The number of carboxylic acids is 1. The summed E-state index contributed by atoms with van der Waals surface area (Å²) in [5, 5.41) is 9.01. The number of aliphatic carboxylic acids is 1. The van der Waals surface area contributed by atoms with Gasteiger partial charge in [0.25, 0.3) is 0 Å². The second-order valence-electron chi connectivity index (χ2n) is 9.43. The molecular weight excluding hydrogens is 478 g/mol. The zero-order chi connectivity index (χ0) is 26.0. The van der Waals surface area contributed by atoms with Gasteiger partial charge in [-0.3, -0.25) is 4.79 Å². The number of carbonyl (C=O) groups excluding carboxylic acids is 1. The van der Waals surface area contributed by atoms with Gasteiger partial charge >= 0.3 is 5.97 Å². The monoisotopic (exact) mass is 507 g/mol. The highest BCUT2D eigenvalue weighted by molar-refractivity contribution is 6.22. The van der Waals surface area contributed by atoms with Crippen LogP contribution in [0.25, 0.3) is 6.08 Å². The van der Waals surface area contributed by atoms with Crippen molar-refractivity contribution in [3.8, 4) is 5.75 Å². The molecule has 36 heavy (non-hydrogen) atoms. The van der Waals surface area contributed by atoms with Crippen molar-refractivity contribution in [2.45, 2.75) is 51.3 Å². The van der Waals surface area contributed by atoms with Crippen molar-refractivity contribution in [2.75, 3.05) is 7.11 Å². The predicted octanol–water partition coefficient (Wildman–Crippen LogP) is 6.16. The predicted molar refractivity (Wildman–Crippen MR) is 140 cm³/mol. The lowest BCUT2D eigenvalue weighted by molar-refractivity contribution is -0.162. The molecule has 1 heterocycles. The maximum Gasteiger partial charge on any atom is 0.335 e. The lowest BCUT2D eigenvalue weighted by atomic mass is 9.95. The van der Waals surface area contributed by atoms with E-state index in [9.17, 15) is 14.7 Å². The molecule has 0 fully saturated rings. The zero-order valence-electron chi connectivity index (χ0n) is 20.9. The van der Waals surface area contributed by atoms with Crippen LogP contribution in [0.1, 0.15) is 69.6 Å². The first kappa shape index (κ1) is 25.7. The fourth-order valence-corrected chi connectivity index (χ4v) is 4.67. The summed E-state index contributed by atoms with van der Waals surface area (Å²) in [6.07, 6.45) is 4.71. The summed E-state index contributed by atoms with van der Waals surface area (Å²) >= 11 is 6.76. The van der Waals surface area contributed by atoms with Crippen LogP contribution < -0.4 is 4.74 Å². The third-order valence-corrected chi connectivity index (χ3v) is 6.97. The molecular formula is C29H30ClNO5. The van der Waals surface area contributed by atoms with E-state index in [4.69, 9.17) is 21.1 Å². The minimum atomic E-state index is -1.25. The van der Waals surface area contributed by atoms with E-state index in [0.717, 1.165) is 28.1 Å². The van der Waals surface area contributed by atoms with Gasteiger partial charge in [0.1, 0.15) is 5.75 Å². The molecule has 0 saturated carbocycles. The summed E-state index contributed by atoms with van der Waals surface area (Å²) in [6.45, 7) is 5.78. The number of nitrogens with zero attached hydrogens (tertiary/aromatic N) is 1. The van der Waals surface area contributed by atoms with Gasteiger partial charge in [-0.2, -0.15) is 0 Å². The highest BCUT2D eigenvalue weighted by atomic mass is 35.5. The first-order chi connectivity index (χ1) is 17.1. The number of rotatable bonds is 9. The lowest BCUT2D eigenvalue weighted by Gasteiger charge is -2.20. The van der Waals surface area contributed by atoms with Gasteiger partial charge in [-0.1, -0.05) is 36.4 Å². The van der Waals surface area contributed by atoms with Gasteiger partial charge in [-0.05, 0) is 62.6 Å². The molecule has 1 aliphatic rings. The van der Waals surface area contributed by atoms with Gasteiger partial charge in [0, 0.05) is 29.1 Å². The number of carbonyl (C=O) groups is 2. The number of aromatic nitrogens is 1. The second kappa shape index (κ2) is 10.3. The third-order valence-electron chi connectivity index (χ3n) is 6.58. The fourth-order valence-electron chi connectivity index (χ4n) is 4.33. The van der Waals surface area contributed by atoms with E-state index in [2.05, 4.69) is 4.57 Å². The largest absolute Gasteiger partial charge is 0.497 e. The van der Waals surface area contributed by atoms with E-state index in [0.29, 0.717) is 29.8 Å². The van der Waals surface area contributed by atoms with Gasteiger partial charge in [-0.25, -0.2) is 4.79 Å². The number of hydrogen-bond donors (Lipinski definition) is 1. The van der Waals surface area contributed by atoms with Crippen LogP contribution in [0.2, 0.25) is 0 Å². The van der Waals surface area contributed by atoms with Crippen LogP contribution in [-0.4, -0.2) is 34.1 Å². The molecule has 4 rings (SSSR count). The standard InChI is InChI=1S/C29H30ClNO5/c1-18-25(27(32)21-12-14-22(35-4)15-13-21)23-6-5-7-24(30)26(23)31(18)16-19-8-10-20(11-9-19)17-36-29(2,3)28(33)34/h5-6,8-15,24H,7,16-17H2,1-4H3,(H,33,34). The molecule has 1 atom stereocenters. The van der Waals surface area contributed by atoms with Crippen LogP contribution in [0, 0.1) is 6.92 Å². The lowest BCUT2D eigenvalue weighted by Crippen LogP contribution is -2.34. The Balaban J connectivity index is 1.63. The Kier molecular flexibility index (Phi) is 7.38. The fraction of sp³-hybridized carbons (Fsp3) is 0.310. The number of halogens is 1. The third kappa shape index (κ3) is 5.11. The molecule has 1 N–H and O–H groups in total. The maximum atomic E-state index is 13.6. The Bertz CT molecular complexity index is 1300. The van der Waals surface area contributed by atoms with Crippen molar-refractivity contribution in [3.63, 3.8) is 0 Å². The molecule has 0 bridgehead atoms. The smallest absolute Gasteiger partial charge is 0.335 e. The quantitative estimate of drug-likeness (QED) is 0.277. The molecule has 1 unspecified atom stereocenters. The SMILES string of the molecule is COc1ccc(C(=O)c2c3c(n(Cc4ccc(COC(C)(C)C(=O)O)cc4)c2C)C(Cl)CC=C3)cc1. The van der Waals surface area contributed by atoms with E-state index in [1.54, 1.807) is 31.4 Å². The summed E-state index contributed by atoms with van der Waals surface area (Å²) in [4.78, 5) is 24.8. The number of benzene rings is 2. The average Bonchev–Trinajstić information content (AvgIpc) is 3.15. The number of alkyl halides is 1. The molecule has 0 amide bonds. The van der Waals surface area contributed by atoms with E-state index in [1.165, 1.54) is 13.8 Å². The van der Waals surface area contributed by atoms with Crippen molar-refractivity contribution in [3.05, 3.63) is 93.8 Å². The molecule has 0 radical (unpaired) electrons. The summed E-state index contributed by atoms with van der Waals surface area (Å²) in [5.41, 5.74) is 4.62. The summed E-state index contributed by atoms with van der Waals surface area (Å²) in [7, 11) is 1.60. The Labute approximate surface area is 216 Å². The molecule has 2 aromatic carbocycles. The molecule has 0 saturated heterocycles. The Morgan fingerprint density at radius 2 is 1.72 bits per heavy atom. The van der Waals surface area contributed by atoms with Crippen molar-refractivity contribution >= 4 is 29.4 Å². The molecule has 188 valence electrons. The summed E-state index contributed by atoms with van der Waals surface area (Å²) in [5.74, 6) is -0.352. The van der Waals surface area contributed by atoms with Crippen molar-refractivity contribution in [2.24, 2.45) is 0 Å².